The first kappa shape index (κ1) is 12.4. The molecule has 0 aromatic carbocycles. The minimum atomic E-state index is 0.468. The molecule has 1 aliphatic carbocycles. The van der Waals surface area contributed by atoms with Crippen LogP contribution in [0.4, 0.5) is 0 Å². The van der Waals surface area contributed by atoms with E-state index in [1.54, 1.807) is 0 Å². The second-order valence-corrected chi connectivity index (χ2v) is 6.66. The summed E-state index contributed by atoms with van der Waals surface area (Å²) in [4.78, 5) is 0. The van der Waals surface area contributed by atoms with Crippen LogP contribution in [0.3, 0.4) is 0 Å². The molecule has 2 heteroatoms. The molecular formula is C14H28N2. The van der Waals surface area contributed by atoms with E-state index in [2.05, 4.69) is 31.4 Å². The van der Waals surface area contributed by atoms with Crippen LogP contribution in [0.25, 0.3) is 0 Å². The maximum atomic E-state index is 3.69. The highest BCUT2D eigenvalue weighted by Crippen LogP contribution is 2.58. The van der Waals surface area contributed by atoms with Crippen LogP contribution in [0, 0.1) is 16.7 Å². The van der Waals surface area contributed by atoms with Crippen LogP contribution in [0.2, 0.25) is 0 Å². The van der Waals surface area contributed by atoms with Gasteiger partial charge in [-0.25, -0.2) is 0 Å². The topological polar surface area (TPSA) is 24.1 Å². The predicted molar refractivity (Wildman–Crippen MR) is 69.6 cm³/mol. The van der Waals surface area contributed by atoms with Gasteiger partial charge < -0.3 is 10.6 Å². The standard InChI is InChI=1S/C14H28N2/c1-4-13(2,3)11-16-10-12-9-14(12)5-7-15-8-6-14/h12,15-16H,4-11H2,1-3H3. The fraction of sp³-hybridized carbons (Fsp3) is 1.00. The lowest BCUT2D eigenvalue weighted by Crippen LogP contribution is -2.33. The van der Waals surface area contributed by atoms with Crippen molar-refractivity contribution in [1.82, 2.24) is 10.6 Å². The third-order valence-corrected chi connectivity index (χ3v) is 4.91. The highest BCUT2D eigenvalue weighted by molar-refractivity contribution is 5.05. The molecule has 1 unspecified atom stereocenters. The summed E-state index contributed by atoms with van der Waals surface area (Å²) in [5.74, 6) is 0.974. The summed E-state index contributed by atoms with van der Waals surface area (Å²) in [6, 6.07) is 0. The SMILES string of the molecule is CCC(C)(C)CNCC1CC12CCNCC2. The van der Waals surface area contributed by atoms with Gasteiger partial charge in [0.05, 0.1) is 0 Å². The van der Waals surface area contributed by atoms with Crippen molar-refractivity contribution in [1.29, 1.82) is 0 Å². The highest BCUT2D eigenvalue weighted by Gasteiger charge is 2.53. The molecule has 2 fully saturated rings. The van der Waals surface area contributed by atoms with Crippen molar-refractivity contribution >= 4 is 0 Å². The van der Waals surface area contributed by atoms with Gasteiger partial charge in [-0.3, -0.25) is 0 Å². The summed E-state index contributed by atoms with van der Waals surface area (Å²) in [5, 5.41) is 7.16. The molecule has 1 aliphatic heterocycles. The van der Waals surface area contributed by atoms with E-state index in [-0.39, 0.29) is 0 Å². The Morgan fingerprint density at radius 1 is 1.31 bits per heavy atom. The normalized spacial score (nSPS) is 28.3. The van der Waals surface area contributed by atoms with Gasteiger partial charge in [0.2, 0.25) is 0 Å². The molecule has 94 valence electrons. The molecule has 2 aliphatic rings. The summed E-state index contributed by atoms with van der Waals surface area (Å²) in [7, 11) is 0. The van der Waals surface area contributed by atoms with E-state index in [9.17, 15) is 0 Å². The molecule has 2 rings (SSSR count). The second kappa shape index (κ2) is 4.66. The van der Waals surface area contributed by atoms with Gasteiger partial charge >= 0.3 is 0 Å². The van der Waals surface area contributed by atoms with Crippen molar-refractivity contribution in [3.8, 4) is 0 Å². The molecule has 1 atom stereocenters. The Morgan fingerprint density at radius 2 is 2.00 bits per heavy atom. The molecule has 2 N–H and O–H groups in total. The van der Waals surface area contributed by atoms with Gasteiger partial charge in [0.15, 0.2) is 0 Å². The van der Waals surface area contributed by atoms with E-state index in [1.807, 2.05) is 0 Å². The molecule has 16 heavy (non-hydrogen) atoms. The van der Waals surface area contributed by atoms with Crippen LogP contribution in [0.5, 0.6) is 0 Å². The van der Waals surface area contributed by atoms with Crippen LogP contribution < -0.4 is 10.6 Å². The summed E-state index contributed by atoms with van der Waals surface area (Å²) >= 11 is 0. The lowest BCUT2D eigenvalue weighted by atomic mass is 9.89. The smallest absolute Gasteiger partial charge is 0.000253 e. The Bertz CT molecular complexity index is 229. The lowest BCUT2D eigenvalue weighted by molar-refractivity contribution is 0.297. The predicted octanol–water partition coefficient (Wildman–Crippen LogP) is 2.40. The molecule has 1 saturated heterocycles. The third-order valence-electron chi connectivity index (χ3n) is 4.91. The van der Waals surface area contributed by atoms with Gasteiger partial charge in [-0.2, -0.15) is 0 Å². The maximum Gasteiger partial charge on any atom is 0.000253 e. The Labute approximate surface area is 101 Å². The number of hydrogen-bond acceptors (Lipinski definition) is 2. The van der Waals surface area contributed by atoms with Gasteiger partial charge in [-0.1, -0.05) is 20.8 Å². The second-order valence-electron chi connectivity index (χ2n) is 6.66. The maximum absolute atomic E-state index is 3.69. The number of hydrogen-bond donors (Lipinski definition) is 2. The molecule has 1 heterocycles. The molecule has 0 radical (unpaired) electrons. The molecule has 1 saturated carbocycles. The first-order valence-corrected chi connectivity index (χ1v) is 6.99. The lowest BCUT2D eigenvalue weighted by Gasteiger charge is -2.25. The molecule has 2 nitrogen and oxygen atoms in total. The quantitative estimate of drug-likeness (QED) is 0.749. The summed E-state index contributed by atoms with van der Waals surface area (Å²) in [6.07, 6.45) is 5.57. The third kappa shape index (κ3) is 2.78. The van der Waals surface area contributed by atoms with Crippen LogP contribution in [0.15, 0.2) is 0 Å². The zero-order valence-electron chi connectivity index (χ0n) is 11.2. The minimum absolute atomic E-state index is 0.468. The van der Waals surface area contributed by atoms with Crippen molar-refractivity contribution < 1.29 is 0 Å². The average molecular weight is 224 g/mol. The van der Waals surface area contributed by atoms with E-state index in [4.69, 9.17) is 0 Å². The van der Waals surface area contributed by atoms with Crippen LogP contribution >= 0.6 is 0 Å². The number of nitrogens with one attached hydrogen (secondary N) is 2. The summed E-state index contributed by atoms with van der Waals surface area (Å²) in [6.45, 7) is 11.9. The molecule has 0 aromatic rings. The van der Waals surface area contributed by atoms with E-state index in [0.29, 0.717) is 5.41 Å². The van der Waals surface area contributed by atoms with Crippen LogP contribution in [-0.2, 0) is 0 Å². The molecular weight excluding hydrogens is 196 g/mol. The zero-order valence-corrected chi connectivity index (χ0v) is 11.2. The van der Waals surface area contributed by atoms with Gasteiger partial charge in [-0.15, -0.1) is 0 Å². The first-order valence-electron chi connectivity index (χ1n) is 6.99. The van der Waals surface area contributed by atoms with Crippen molar-refractivity contribution in [3.05, 3.63) is 0 Å². The van der Waals surface area contributed by atoms with Gasteiger partial charge in [0.25, 0.3) is 0 Å². The number of rotatable bonds is 5. The molecule has 0 amide bonds. The van der Waals surface area contributed by atoms with Gasteiger partial charge in [-0.05, 0) is 62.1 Å². The zero-order chi connectivity index (χ0) is 11.6. The molecule has 1 spiro atoms. The van der Waals surface area contributed by atoms with Gasteiger partial charge in [0, 0.05) is 6.54 Å². The van der Waals surface area contributed by atoms with Gasteiger partial charge in [0.1, 0.15) is 0 Å². The molecule has 0 aromatic heterocycles. The monoisotopic (exact) mass is 224 g/mol. The Balaban J connectivity index is 1.65. The highest BCUT2D eigenvalue weighted by atomic mass is 14.9. The fourth-order valence-electron chi connectivity index (χ4n) is 2.97. The number of piperidine rings is 1. The largest absolute Gasteiger partial charge is 0.317 e. The summed E-state index contributed by atoms with van der Waals surface area (Å²) < 4.78 is 0. The van der Waals surface area contributed by atoms with E-state index in [1.165, 1.54) is 51.9 Å². The molecule has 0 bridgehead atoms. The van der Waals surface area contributed by atoms with Crippen LogP contribution in [-0.4, -0.2) is 26.2 Å². The van der Waals surface area contributed by atoms with E-state index < -0.39 is 0 Å². The minimum Gasteiger partial charge on any atom is -0.317 e. The van der Waals surface area contributed by atoms with E-state index >= 15 is 0 Å². The van der Waals surface area contributed by atoms with Crippen LogP contribution in [0.1, 0.15) is 46.5 Å². The fourth-order valence-corrected chi connectivity index (χ4v) is 2.97. The van der Waals surface area contributed by atoms with E-state index in [0.717, 1.165) is 11.3 Å². The Kier molecular flexibility index (Phi) is 3.60. The van der Waals surface area contributed by atoms with Crippen molar-refractivity contribution in [2.75, 3.05) is 26.2 Å². The van der Waals surface area contributed by atoms with Crippen molar-refractivity contribution in [2.45, 2.75) is 46.5 Å². The Hall–Kier alpha value is -0.0800. The Morgan fingerprint density at radius 3 is 2.62 bits per heavy atom. The average Bonchev–Trinajstić information content (AvgIpc) is 2.92. The first-order chi connectivity index (χ1) is 7.58. The van der Waals surface area contributed by atoms with Crippen molar-refractivity contribution in [3.63, 3.8) is 0 Å². The summed E-state index contributed by atoms with van der Waals surface area (Å²) in [5.41, 5.74) is 1.21. The van der Waals surface area contributed by atoms with Crippen molar-refractivity contribution in [2.24, 2.45) is 16.7 Å².